The van der Waals surface area contributed by atoms with E-state index in [9.17, 15) is 14.4 Å². The van der Waals surface area contributed by atoms with E-state index in [2.05, 4.69) is 66.3 Å². The standard InChI is InChI=1S/C25H38N4O4.C8H10.C2H6/c1-18(29-24(32)19(2)28-20(3)30)23(31)26-15-9-11-21-10-5-6-12-22(21)33-17-16-27-25(4)13-7-8-14-25;1-7-4-3-5-8(2)6-7;1-2/h5-6,9-12,18-19,27H,7-8,13-17H2,1-4H3,(H,26,31)(H,28,30)(H,29,32);3-6H,1-2H3;1-2H3/b11-9+;;/t18?,19-;;/m0../s1. The Balaban J connectivity index is 0.000000785. The third-order valence-electron chi connectivity index (χ3n) is 6.97. The van der Waals surface area contributed by atoms with Crippen LogP contribution in [0.3, 0.4) is 0 Å². The van der Waals surface area contributed by atoms with Gasteiger partial charge in [0.25, 0.3) is 0 Å². The topological polar surface area (TPSA) is 109 Å². The maximum absolute atomic E-state index is 12.2. The molecule has 0 saturated heterocycles. The third-order valence-corrected chi connectivity index (χ3v) is 6.97. The van der Waals surface area contributed by atoms with Crippen molar-refractivity contribution in [3.63, 3.8) is 0 Å². The van der Waals surface area contributed by atoms with Gasteiger partial charge >= 0.3 is 0 Å². The first kappa shape index (κ1) is 37.4. The number of rotatable bonds is 12. The first-order chi connectivity index (χ1) is 20.5. The zero-order chi connectivity index (χ0) is 32.3. The Labute approximate surface area is 259 Å². The Kier molecular flexibility index (Phi) is 17.6. The predicted molar refractivity (Wildman–Crippen MR) is 177 cm³/mol. The fourth-order valence-corrected chi connectivity index (χ4v) is 4.68. The van der Waals surface area contributed by atoms with E-state index in [1.165, 1.54) is 43.7 Å². The van der Waals surface area contributed by atoms with Gasteiger partial charge in [-0.25, -0.2) is 0 Å². The van der Waals surface area contributed by atoms with Crippen molar-refractivity contribution in [1.29, 1.82) is 0 Å². The lowest BCUT2D eigenvalue weighted by atomic mass is 10.0. The van der Waals surface area contributed by atoms with Gasteiger partial charge in [0.05, 0.1) is 0 Å². The number of ether oxygens (including phenoxy) is 1. The summed E-state index contributed by atoms with van der Waals surface area (Å²) >= 11 is 0. The van der Waals surface area contributed by atoms with Crippen LogP contribution in [0.15, 0.2) is 54.6 Å². The average Bonchev–Trinajstić information content (AvgIpc) is 3.41. The Morgan fingerprint density at radius 3 is 2.09 bits per heavy atom. The van der Waals surface area contributed by atoms with Gasteiger partial charge in [0.1, 0.15) is 24.4 Å². The molecule has 2 aromatic rings. The number of para-hydroxylation sites is 1. The van der Waals surface area contributed by atoms with Crippen LogP contribution in [0.4, 0.5) is 0 Å². The lowest BCUT2D eigenvalue weighted by Gasteiger charge is -2.25. The SMILES string of the molecule is CC.CC(=O)N[C@@H](C)C(=O)NC(C)C(=O)NC/C=C/c1ccccc1OCCNC1(C)CCCC1.Cc1cccc(C)c1. The smallest absolute Gasteiger partial charge is 0.242 e. The van der Waals surface area contributed by atoms with Gasteiger partial charge in [-0.15, -0.1) is 0 Å². The average molecular weight is 595 g/mol. The second-order valence-corrected chi connectivity index (χ2v) is 11.0. The molecule has 8 heteroatoms. The molecule has 3 amide bonds. The van der Waals surface area contributed by atoms with Crippen LogP contribution in [0.25, 0.3) is 6.08 Å². The van der Waals surface area contributed by atoms with E-state index in [-0.39, 0.29) is 17.4 Å². The van der Waals surface area contributed by atoms with E-state index in [4.69, 9.17) is 4.74 Å². The number of carbonyl (C=O) groups excluding carboxylic acids is 3. The number of benzene rings is 2. The molecular weight excluding hydrogens is 540 g/mol. The molecule has 0 aromatic heterocycles. The minimum atomic E-state index is -0.716. The fourth-order valence-electron chi connectivity index (χ4n) is 4.68. The van der Waals surface area contributed by atoms with Crippen molar-refractivity contribution in [3.05, 3.63) is 71.3 Å². The number of carbonyl (C=O) groups is 3. The highest BCUT2D eigenvalue weighted by molar-refractivity contribution is 5.91. The molecule has 1 fully saturated rings. The summed E-state index contributed by atoms with van der Waals surface area (Å²) in [6.45, 7) is 16.7. The molecular formula is C35H54N4O4. The van der Waals surface area contributed by atoms with E-state index >= 15 is 0 Å². The summed E-state index contributed by atoms with van der Waals surface area (Å²) < 4.78 is 5.97. The van der Waals surface area contributed by atoms with Crippen LogP contribution >= 0.6 is 0 Å². The van der Waals surface area contributed by atoms with Crippen LogP contribution in [-0.2, 0) is 14.4 Å². The van der Waals surface area contributed by atoms with Gasteiger partial charge in [-0.2, -0.15) is 0 Å². The van der Waals surface area contributed by atoms with Gasteiger partial charge in [-0.05, 0) is 53.5 Å². The zero-order valence-electron chi connectivity index (χ0n) is 27.5. The Bertz CT molecular complexity index is 1140. The highest BCUT2D eigenvalue weighted by Crippen LogP contribution is 2.28. The van der Waals surface area contributed by atoms with Gasteiger partial charge in [0.2, 0.25) is 17.7 Å². The molecule has 1 saturated carbocycles. The van der Waals surface area contributed by atoms with Crippen molar-refractivity contribution in [2.45, 2.75) is 98.7 Å². The second-order valence-electron chi connectivity index (χ2n) is 11.0. The second kappa shape index (κ2) is 20.3. The lowest BCUT2D eigenvalue weighted by Crippen LogP contribution is -2.51. The molecule has 238 valence electrons. The molecule has 43 heavy (non-hydrogen) atoms. The quantitative estimate of drug-likeness (QED) is 0.244. The molecule has 1 unspecified atom stereocenters. The molecule has 1 aliphatic carbocycles. The number of amides is 3. The van der Waals surface area contributed by atoms with Crippen molar-refractivity contribution >= 4 is 23.8 Å². The number of aryl methyl sites for hydroxylation is 2. The first-order valence-corrected chi connectivity index (χ1v) is 15.5. The van der Waals surface area contributed by atoms with Crippen molar-refractivity contribution in [3.8, 4) is 5.75 Å². The monoisotopic (exact) mass is 594 g/mol. The van der Waals surface area contributed by atoms with Gasteiger partial charge in [-0.1, -0.05) is 92.4 Å². The maximum atomic E-state index is 12.2. The molecule has 1 aliphatic rings. The Morgan fingerprint density at radius 1 is 0.907 bits per heavy atom. The van der Waals surface area contributed by atoms with Crippen LogP contribution in [0, 0.1) is 13.8 Å². The maximum Gasteiger partial charge on any atom is 0.242 e. The highest BCUT2D eigenvalue weighted by Gasteiger charge is 2.27. The van der Waals surface area contributed by atoms with Crippen LogP contribution in [-0.4, -0.2) is 55.0 Å². The van der Waals surface area contributed by atoms with Crippen LogP contribution in [0.5, 0.6) is 5.75 Å². The van der Waals surface area contributed by atoms with Crippen LogP contribution < -0.4 is 26.0 Å². The van der Waals surface area contributed by atoms with Gasteiger partial charge < -0.3 is 26.0 Å². The minimum Gasteiger partial charge on any atom is -0.492 e. The van der Waals surface area contributed by atoms with E-state index in [1.54, 1.807) is 13.8 Å². The number of nitrogens with one attached hydrogen (secondary N) is 4. The third kappa shape index (κ3) is 15.4. The van der Waals surface area contributed by atoms with Gasteiger partial charge in [0.15, 0.2) is 0 Å². The Morgan fingerprint density at radius 2 is 1.51 bits per heavy atom. The largest absolute Gasteiger partial charge is 0.492 e. The summed E-state index contributed by atoms with van der Waals surface area (Å²) in [7, 11) is 0. The summed E-state index contributed by atoms with van der Waals surface area (Å²) in [5, 5.41) is 11.5. The van der Waals surface area contributed by atoms with Crippen molar-refractivity contribution in [2.24, 2.45) is 0 Å². The fraction of sp³-hybridized carbons (Fsp3) is 0.514. The van der Waals surface area contributed by atoms with Crippen molar-refractivity contribution in [2.75, 3.05) is 19.7 Å². The highest BCUT2D eigenvalue weighted by atomic mass is 16.5. The summed E-state index contributed by atoms with van der Waals surface area (Å²) in [5.74, 6) is -0.223. The van der Waals surface area contributed by atoms with Crippen LogP contribution in [0.1, 0.15) is 83.9 Å². The molecule has 0 radical (unpaired) electrons. The number of hydrogen-bond donors (Lipinski definition) is 4. The van der Waals surface area contributed by atoms with Gasteiger partial charge in [-0.3, -0.25) is 14.4 Å². The summed E-state index contributed by atoms with van der Waals surface area (Å²) in [6.07, 6.45) is 8.75. The van der Waals surface area contributed by atoms with E-state index in [0.29, 0.717) is 13.2 Å². The molecule has 4 N–H and O–H groups in total. The van der Waals surface area contributed by atoms with Crippen molar-refractivity contribution in [1.82, 2.24) is 21.3 Å². The zero-order valence-corrected chi connectivity index (χ0v) is 27.5. The molecule has 0 aliphatic heterocycles. The molecule has 0 spiro atoms. The van der Waals surface area contributed by atoms with E-state index in [0.717, 1.165) is 17.9 Å². The normalized spacial score (nSPS) is 14.7. The van der Waals surface area contributed by atoms with Gasteiger partial charge in [0, 0.05) is 31.1 Å². The van der Waals surface area contributed by atoms with Crippen LogP contribution in [0.2, 0.25) is 0 Å². The molecule has 2 atom stereocenters. The molecule has 3 rings (SSSR count). The Hall–Kier alpha value is -3.65. The van der Waals surface area contributed by atoms with E-state index < -0.39 is 18.0 Å². The molecule has 8 nitrogen and oxygen atoms in total. The summed E-state index contributed by atoms with van der Waals surface area (Å²) in [4.78, 5) is 35.3. The molecule has 0 bridgehead atoms. The lowest BCUT2D eigenvalue weighted by molar-refractivity contribution is -0.131. The molecule has 0 heterocycles. The minimum absolute atomic E-state index is 0.236. The predicted octanol–water partition coefficient (Wildman–Crippen LogP) is 5.48. The summed E-state index contributed by atoms with van der Waals surface area (Å²) in [6, 6.07) is 14.8. The van der Waals surface area contributed by atoms with E-state index in [1.807, 2.05) is 50.3 Å². The summed E-state index contributed by atoms with van der Waals surface area (Å²) in [5.41, 5.74) is 3.85. The first-order valence-electron chi connectivity index (χ1n) is 15.5. The molecule has 2 aromatic carbocycles. The number of hydrogen-bond acceptors (Lipinski definition) is 5. The van der Waals surface area contributed by atoms with Crippen molar-refractivity contribution < 1.29 is 19.1 Å².